The van der Waals surface area contributed by atoms with Gasteiger partial charge in [0.05, 0.1) is 11.5 Å². The molecule has 0 heterocycles. The van der Waals surface area contributed by atoms with E-state index in [-0.39, 0.29) is 12.0 Å². The van der Waals surface area contributed by atoms with Crippen LogP contribution in [-0.2, 0) is 10.2 Å². The average molecular weight is 247 g/mol. The predicted molar refractivity (Wildman–Crippen MR) is 71.3 cm³/mol. The number of benzene rings is 1. The van der Waals surface area contributed by atoms with E-state index in [4.69, 9.17) is 0 Å². The summed E-state index contributed by atoms with van der Waals surface area (Å²) in [4.78, 5) is 14.5. The van der Waals surface area contributed by atoms with Crippen LogP contribution in [0.4, 0.5) is 0 Å². The molecule has 0 bridgehead atoms. The summed E-state index contributed by atoms with van der Waals surface area (Å²) < 4.78 is 0. The maximum absolute atomic E-state index is 12.7. The number of carbonyl (C=O) groups excluding carboxylic acids is 1. The predicted octanol–water partition coefficient (Wildman–Crippen LogP) is 1.95. The molecule has 0 atom stereocenters. The summed E-state index contributed by atoms with van der Waals surface area (Å²) in [5.74, 6) is 0.156. The summed E-state index contributed by atoms with van der Waals surface area (Å²) in [5.41, 5.74) is 0.541. The number of carbonyl (C=O) groups is 1. The van der Waals surface area contributed by atoms with Gasteiger partial charge in [0.15, 0.2) is 0 Å². The molecule has 0 unspecified atom stereocenters. The van der Waals surface area contributed by atoms with Gasteiger partial charge in [0.1, 0.15) is 0 Å². The molecule has 1 amide bonds. The number of aliphatic hydroxyl groups excluding tert-OH is 1. The zero-order valence-corrected chi connectivity index (χ0v) is 11.1. The molecule has 0 radical (unpaired) electrons. The van der Waals surface area contributed by atoms with Gasteiger partial charge in [-0.05, 0) is 32.3 Å². The van der Waals surface area contributed by atoms with Crippen LogP contribution in [-0.4, -0.2) is 35.1 Å². The van der Waals surface area contributed by atoms with E-state index in [9.17, 15) is 9.90 Å². The van der Waals surface area contributed by atoms with Crippen LogP contribution in [0.3, 0.4) is 0 Å². The van der Waals surface area contributed by atoms with Gasteiger partial charge in [0, 0.05) is 13.1 Å². The minimum absolute atomic E-state index is 0.156. The fourth-order valence-corrected chi connectivity index (χ4v) is 2.85. The van der Waals surface area contributed by atoms with E-state index in [1.807, 2.05) is 49.1 Å². The van der Waals surface area contributed by atoms with Gasteiger partial charge < -0.3 is 10.0 Å². The largest absolute Gasteiger partial charge is 0.393 e. The molecule has 1 saturated carbocycles. The Labute approximate surface area is 108 Å². The van der Waals surface area contributed by atoms with E-state index in [0.29, 0.717) is 12.8 Å². The van der Waals surface area contributed by atoms with Crippen molar-refractivity contribution < 1.29 is 9.90 Å². The van der Waals surface area contributed by atoms with Crippen molar-refractivity contribution in [1.82, 2.24) is 4.90 Å². The Morgan fingerprint density at radius 1 is 1.28 bits per heavy atom. The fraction of sp³-hybridized carbons (Fsp3) is 0.533. The second kappa shape index (κ2) is 5.11. The topological polar surface area (TPSA) is 40.5 Å². The highest BCUT2D eigenvalue weighted by Gasteiger charge is 2.51. The maximum Gasteiger partial charge on any atom is 0.233 e. The van der Waals surface area contributed by atoms with Crippen molar-refractivity contribution in [3.05, 3.63) is 35.9 Å². The van der Waals surface area contributed by atoms with Gasteiger partial charge in [-0.25, -0.2) is 0 Å². The number of amides is 1. The lowest BCUT2D eigenvalue weighted by atomic mass is 9.62. The van der Waals surface area contributed by atoms with Crippen LogP contribution in [0, 0.1) is 0 Å². The first-order chi connectivity index (χ1) is 8.64. The van der Waals surface area contributed by atoms with Crippen molar-refractivity contribution in [2.45, 2.75) is 38.2 Å². The molecule has 1 aliphatic carbocycles. The lowest BCUT2D eigenvalue weighted by Gasteiger charge is -2.46. The molecular formula is C15H21NO2. The minimum atomic E-state index is -0.493. The molecule has 0 spiro atoms. The van der Waals surface area contributed by atoms with Crippen molar-refractivity contribution in [2.24, 2.45) is 0 Å². The third-order valence-electron chi connectivity index (χ3n) is 3.95. The molecular weight excluding hydrogens is 226 g/mol. The van der Waals surface area contributed by atoms with Crippen molar-refractivity contribution in [2.75, 3.05) is 13.1 Å². The number of likely N-dealkylation sites (N-methyl/N-ethyl adjacent to an activating group) is 1. The molecule has 3 heteroatoms. The molecule has 2 rings (SSSR count). The fourth-order valence-electron chi connectivity index (χ4n) is 2.85. The molecule has 98 valence electrons. The van der Waals surface area contributed by atoms with E-state index in [2.05, 4.69) is 0 Å². The highest BCUT2D eigenvalue weighted by molar-refractivity contribution is 5.89. The van der Waals surface area contributed by atoms with E-state index in [1.165, 1.54) is 0 Å². The summed E-state index contributed by atoms with van der Waals surface area (Å²) >= 11 is 0. The molecule has 0 saturated heterocycles. The van der Waals surface area contributed by atoms with Gasteiger partial charge in [-0.2, -0.15) is 0 Å². The van der Waals surface area contributed by atoms with E-state index < -0.39 is 5.41 Å². The van der Waals surface area contributed by atoms with Gasteiger partial charge in [-0.3, -0.25) is 4.79 Å². The van der Waals surface area contributed by atoms with Crippen LogP contribution in [0.25, 0.3) is 0 Å². The SMILES string of the molecule is CCN(CC)C(=O)C1(c2ccccc2)CC(O)C1. The second-order valence-electron chi connectivity index (χ2n) is 4.99. The molecule has 0 aliphatic heterocycles. The molecule has 1 N–H and O–H groups in total. The van der Waals surface area contributed by atoms with Crippen molar-refractivity contribution in [3.8, 4) is 0 Å². The molecule has 18 heavy (non-hydrogen) atoms. The van der Waals surface area contributed by atoms with E-state index >= 15 is 0 Å². The number of nitrogens with zero attached hydrogens (tertiary/aromatic N) is 1. The van der Waals surface area contributed by atoms with Gasteiger partial charge in [-0.15, -0.1) is 0 Å². The third-order valence-corrected chi connectivity index (χ3v) is 3.95. The van der Waals surface area contributed by atoms with Crippen molar-refractivity contribution in [1.29, 1.82) is 0 Å². The molecule has 1 aromatic rings. The van der Waals surface area contributed by atoms with Crippen LogP contribution >= 0.6 is 0 Å². The van der Waals surface area contributed by atoms with E-state index in [1.54, 1.807) is 0 Å². The van der Waals surface area contributed by atoms with Crippen LogP contribution in [0.15, 0.2) is 30.3 Å². The summed E-state index contributed by atoms with van der Waals surface area (Å²) in [5, 5.41) is 9.65. The summed E-state index contributed by atoms with van der Waals surface area (Å²) in [7, 11) is 0. The summed E-state index contributed by atoms with van der Waals surface area (Å²) in [6.45, 7) is 5.43. The number of hydrogen-bond acceptors (Lipinski definition) is 2. The maximum atomic E-state index is 12.7. The lowest BCUT2D eigenvalue weighted by Crippen LogP contribution is -2.56. The Morgan fingerprint density at radius 2 is 1.83 bits per heavy atom. The quantitative estimate of drug-likeness (QED) is 0.883. The van der Waals surface area contributed by atoms with Gasteiger partial charge in [0.2, 0.25) is 5.91 Å². The number of aliphatic hydroxyl groups is 1. The number of hydrogen-bond donors (Lipinski definition) is 1. The Balaban J connectivity index is 2.31. The standard InChI is InChI=1S/C15H21NO2/c1-3-16(4-2)14(18)15(10-13(17)11-15)12-8-6-5-7-9-12/h5-9,13,17H,3-4,10-11H2,1-2H3. The molecule has 0 aromatic heterocycles. The number of rotatable bonds is 4. The molecule has 1 fully saturated rings. The molecule has 1 aromatic carbocycles. The Bertz CT molecular complexity index is 406. The highest BCUT2D eigenvalue weighted by atomic mass is 16.3. The highest BCUT2D eigenvalue weighted by Crippen LogP contribution is 2.45. The van der Waals surface area contributed by atoms with Gasteiger partial charge in [0.25, 0.3) is 0 Å². The zero-order valence-electron chi connectivity index (χ0n) is 11.1. The smallest absolute Gasteiger partial charge is 0.233 e. The minimum Gasteiger partial charge on any atom is -0.393 e. The first-order valence-electron chi connectivity index (χ1n) is 6.67. The summed E-state index contributed by atoms with van der Waals surface area (Å²) in [6.07, 6.45) is 0.753. The normalized spacial score (nSPS) is 26.5. The zero-order chi connectivity index (χ0) is 13.2. The molecule has 1 aliphatic rings. The monoisotopic (exact) mass is 247 g/mol. The Kier molecular flexibility index (Phi) is 3.71. The summed E-state index contributed by atoms with van der Waals surface area (Å²) in [6, 6.07) is 9.85. The van der Waals surface area contributed by atoms with Crippen molar-refractivity contribution >= 4 is 5.91 Å². The van der Waals surface area contributed by atoms with E-state index in [0.717, 1.165) is 18.7 Å². The Hall–Kier alpha value is -1.35. The average Bonchev–Trinajstić information content (AvgIpc) is 2.37. The van der Waals surface area contributed by atoms with Crippen LogP contribution in [0.5, 0.6) is 0 Å². The first kappa shape index (κ1) is 13.1. The van der Waals surface area contributed by atoms with Crippen LogP contribution in [0.2, 0.25) is 0 Å². The third kappa shape index (κ3) is 2.03. The second-order valence-corrected chi connectivity index (χ2v) is 4.99. The van der Waals surface area contributed by atoms with Crippen molar-refractivity contribution in [3.63, 3.8) is 0 Å². The first-order valence-corrected chi connectivity index (χ1v) is 6.67. The molecule has 3 nitrogen and oxygen atoms in total. The van der Waals surface area contributed by atoms with Gasteiger partial charge >= 0.3 is 0 Å². The van der Waals surface area contributed by atoms with Crippen LogP contribution < -0.4 is 0 Å². The van der Waals surface area contributed by atoms with Crippen LogP contribution in [0.1, 0.15) is 32.3 Å². The van der Waals surface area contributed by atoms with Gasteiger partial charge in [-0.1, -0.05) is 30.3 Å². The lowest BCUT2D eigenvalue weighted by molar-refractivity contribution is -0.145. The Morgan fingerprint density at radius 3 is 2.28 bits per heavy atom.